The van der Waals surface area contributed by atoms with Crippen molar-refractivity contribution in [2.75, 3.05) is 0 Å². The van der Waals surface area contributed by atoms with E-state index >= 15 is 0 Å². The Morgan fingerprint density at radius 3 is 1.80 bits per heavy atom. The second-order valence-electron chi connectivity index (χ2n) is 12.7. The van der Waals surface area contributed by atoms with Crippen LogP contribution in [0.3, 0.4) is 0 Å². The lowest BCUT2D eigenvalue weighted by Gasteiger charge is -2.34. The van der Waals surface area contributed by atoms with Crippen molar-refractivity contribution in [3.63, 3.8) is 0 Å². The first-order valence-corrected chi connectivity index (χ1v) is 16.6. The molecule has 0 radical (unpaired) electrons. The minimum absolute atomic E-state index is 0.495. The van der Waals surface area contributed by atoms with Crippen molar-refractivity contribution in [2.24, 2.45) is 0 Å². The minimum Gasteiger partial charge on any atom is -0.450 e. The zero-order valence-corrected chi connectivity index (χ0v) is 26.5. The minimum atomic E-state index is -0.495. The molecule has 10 rings (SSSR count). The molecule has 0 atom stereocenters. The van der Waals surface area contributed by atoms with Gasteiger partial charge < -0.3 is 9.47 Å². The van der Waals surface area contributed by atoms with Crippen LogP contribution in [0, 0.1) is 0 Å². The molecule has 1 aromatic heterocycles. The molecule has 0 amide bonds. The van der Waals surface area contributed by atoms with Crippen molar-refractivity contribution < 1.29 is 9.47 Å². The number of nitrogens with zero attached hydrogens (tertiary/aromatic N) is 1. The number of hydrogen-bond donors (Lipinski definition) is 0. The Kier molecular flexibility index (Phi) is 6.09. The monoisotopic (exact) mass is 627 g/mol. The molecule has 3 heteroatoms. The first kappa shape index (κ1) is 27.6. The molecule has 0 saturated carbocycles. The lowest BCUT2D eigenvalue weighted by molar-refractivity contribution is 0.359. The molecule has 8 aromatic rings. The fraction of sp³-hybridized carbons (Fsp3) is 0.0217. The van der Waals surface area contributed by atoms with Crippen molar-refractivity contribution in [1.29, 1.82) is 0 Å². The Bertz CT molecular complexity index is 2500. The molecule has 7 aromatic carbocycles. The Morgan fingerprint density at radius 2 is 1.00 bits per heavy atom. The molecule has 49 heavy (non-hydrogen) atoms. The van der Waals surface area contributed by atoms with Crippen LogP contribution in [-0.4, -0.2) is 4.98 Å². The molecule has 0 bridgehead atoms. The predicted octanol–water partition coefficient (Wildman–Crippen LogP) is 11.8. The van der Waals surface area contributed by atoms with Crippen molar-refractivity contribution in [3.8, 4) is 56.5 Å². The van der Waals surface area contributed by atoms with Gasteiger partial charge in [0.2, 0.25) is 0 Å². The van der Waals surface area contributed by atoms with Crippen LogP contribution in [0.4, 0.5) is 0 Å². The molecule has 1 aliphatic carbocycles. The van der Waals surface area contributed by atoms with Crippen molar-refractivity contribution >= 4 is 10.9 Å². The molecular weight excluding hydrogens is 599 g/mol. The number of fused-ring (bicyclic) bond motifs is 6. The van der Waals surface area contributed by atoms with E-state index in [0.29, 0.717) is 17.2 Å². The van der Waals surface area contributed by atoms with Gasteiger partial charge >= 0.3 is 0 Å². The number of para-hydroxylation sites is 1. The Labute approximate surface area is 284 Å². The van der Waals surface area contributed by atoms with Gasteiger partial charge in [0, 0.05) is 10.9 Å². The number of pyridine rings is 1. The van der Waals surface area contributed by atoms with Crippen LogP contribution in [-0.2, 0) is 5.41 Å². The van der Waals surface area contributed by atoms with E-state index in [1.165, 1.54) is 27.8 Å². The van der Waals surface area contributed by atoms with E-state index < -0.39 is 5.41 Å². The summed E-state index contributed by atoms with van der Waals surface area (Å²) < 4.78 is 13.3. The van der Waals surface area contributed by atoms with Crippen LogP contribution in [0.5, 0.6) is 23.0 Å². The molecule has 0 fully saturated rings. The average Bonchev–Trinajstić information content (AvgIpc) is 3.46. The fourth-order valence-corrected chi connectivity index (χ4v) is 7.76. The van der Waals surface area contributed by atoms with E-state index in [1.54, 1.807) is 0 Å². The summed E-state index contributed by atoms with van der Waals surface area (Å²) in [6.45, 7) is 0. The van der Waals surface area contributed by atoms with Gasteiger partial charge in [0.15, 0.2) is 23.0 Å². The second kappa shape index (κ2) is 10.8. The Hall–Kier alpha value is -6.45. The lowest BCUT2D eigenvalue weighted by atomic mass is 9.67. The van der Waals surface area contributed by atoms with Gasteiger partial charge in [0.05, 0.1) is 16.6 Å². The zero-order chi connectivity index (χ0) is 32.4. The summed E-state index contributed by atoms with van der Waals surface area (Å²) in [5.74, 6) is 2.84. The van der Waals surface area contributed by atoms with Gasteiger partial charge in [0.1, 0.15) is 0 Å². The molecule has 0 unspecified atom stereocenters. The maximum absolute atomic E-state index is 6.66. The largest absolute Gasteiger partial charge is 0.450 e. The highest BCUT2D eigenvalue weighted by molar-refractivity contribution is 5.88. The molecule has 3 nitrogen and oxygen atoms in total. The van der Waals surface area contributed by atoms with Crippen molar-refractivity contribution in [2.45, 2.75) is 5.41 Å². The maximum atomic E-state index is 6.66. The highest BCUT2D eigenvalue weighted by Gasteiger charge is 2.47. The third-order valence-electron chi connectivity index (χ3n) is 10.0. The molecule has 2 heterocycles. The molecule has 0 saturated heterocycles. The van der Waals surface area contributed by atoms with Gasteiger partial charge in [-0.1, -0.05) is 140 Å². The molecule has 0 spiro atoms. The summed E-state index contributed by atoms with van der Waals surface area (Å²) in [4.78, 5) is 4.87. The van der Waals surface area contributed by atoms with Crippen molar-refractivity contribution in [1.82, 2.24) is 4.98 Å². The third-order valence-corrected chi connectivity index (χ3v) is 10.0. The van der Waals surface area contributed by atoms with Gasteiger partial charge in [-0.2, -0.15) is 0 Å². The van der Waals surface area contributed by atoms with Crippen LogP contribution in [0.1, 0.15) is 22.3 Å². The number of rotatable bonds is 4. The van der Waals surface area contributed by atoms with Crippen LogP contribution >= 0.6 is 0 Å². The van der Waals surface area contributed by atoms with Gasteiger partial charge in [-0.05, 0) is 80.9 Å². The smallest absolute Gasteiger partial charge is 0.170 e. The first-order valence-electron chi connectivity index (χ1n) is 16.6. The molecule has 2 aliphatic rings. The quantitative estimate of drug-likeness (QED) is 0.195. The Morgan fingerprint density at radius 1 is 0.388 bits per heavy atom. The Balaban J connectivity index is 1.04. The summed E-state index contributed by atoms with van der Waals surface area (Å²) >= 11 is 0. The van der Waals surface area contributed by atoms with E-state index in [1.807, 2.05) is 18.2 Å². The topological polar surface area (TPSA) is 31.4 Å². The highest BCUT2D eigenvalue weighted by atomic mass is 16.6. The van der Waals surface area contributed by atoms with Crippen LogP contribution in [0.2, 0.25) is 0 Å². The summed E-state index contributed by atoms with van der Waals surface area (Å²) in [5.41, 5.74) is 11.9. The molecule has 1 aliphatic heterocycles. The summed E-state index contributed by atoms with van der Waals surface area (Å²) in [5, 5.41) is 1.14. The van der Waals surface area contributed by atoms with Gasteiger partial charge in [0.25, 0.3) is 0 Å². The third kappa shape index (κ3) is 4.26. The van der Waals surface area contributed by atoms with Gasteiger partial charge in [-0.3, -0.25) is 0 Å². The molecule has 0 N–H and O–H groups in total. The fourth-order valence-electron chi connectivity index (χ4n) is 7.76. The highest BCUT2D eigenvalue weighted by Crippen LogP contribution is 2.59. The van der Waals surface area contributed by atoms with Crippen molar-refractivity contribution in [3.05, 3.63) is 198 Å². The summed E-state index contributed by atoms with van der Waals surface area (Å²) in [7, 11) is 0. The van der Waals surface area contributed by atoms with Gasteiger partial charge in [-0.15, -0.1) is 0 Å². The predicted molar refractivity (Wildman–Crippen MR) is 197 cm³/mol. The van der Waals surface area contributed by atoms with Gasteiger partial charge in [-0.25, -0.2) is 4.98 Å². The molecule has 230 valence electrons. The van der Waals surface area contributed by atoms with E-state index in [4.69, 9.17) is 14.5 Å². The standard InChI is InChI=1S/C46H29NO2/c1-3-12-34(13-4-1)46(35-14-5-2-6-15-35)38-17-9-8-16-36(38)37-28-44-45(29-39(37)46)48-42-26-24-33(27-43(42)49-44)30-19-21-32(22-20-30)41-25-23-31-11-7-10-18-40(31)47-41/h1-29H. The number of benzene rings is 7. The van der Waals surface area contributed by atoms with E-state index in [9.17, 15) is 0 Å². The zero-order valence-electron chi connectivity index (χ0n) is 26.5. The normalized spacial score (nSPS) is 13.4. The average molecular weight is 628 g/mol. The van der Waals surface area contributed by atoms with Crippen LogP contribution in [0.15, 0.2) is 176 Å². The summed E-state index contributed by atoms with van der Waals surface area (Å²) in [6.07, 6.45) is 0. The first-order chi connectivity index (χ1) is 24.3. The molecular formula is C46H29NO2. The number of aromatic nitrogens is 1. The van der Waals surface area contributed by atoms with E-state index in [0.717, 1.165) is 44.6 Å². The second-order valence-corrected chi connectivity index (χ2v) is 12.7. The van der Waals surface area contributed by atoms with Crippen LogP contribution in [0.25, 0.3) is 44.4 Å². The van der Waals surface area contributed by atoms with Crippen LogP contribution < -0.4 is 9.47 Å². The maximum Gasteiger partial charge on any atom is 0.170 e. The van der Waals surface area contributed by atoms with E-state index in [-0.39, 0.29) is 0 Å². The lowest BCUT2D eigenvalue weighted by Crippen LogP contribution is -2.28. The van der Waals surface area contributed by atoms with E-state index in [2.05, 4.69) is 158 Å². The number of ether oxygens (including phenoxy) is 2. The number of hydrogen-bond acceptors (Lipinski definition) is 3. The summed E-state index contributed by atoms with van der Waals surface area (Å²) in [6, 6.07) is 61.8. The SMILES string of the molecule is c1ccc(C2(c3ccccc3)c3ccccc3-c3cc4c(cc32)Oc2ccc(-c3ccc(-c5ccc6ccccc6n5)cc3)cc2O4)cc1.